The minimum absolute atomic E-state index is 0. The maximum absolute atomic E-state index is 12.3. The molecule has 1 fully saturated rings. The van der Waals surface area contributed by atoms with Crippen LogP contribution >= 0.6 is 0 Å². The molecule has 5 nitrogen and oxygen atoms in total. The van der Waals surface area contributed by atoms with Gasteiger partial charge in [-0.3, -0.25) is 4.79 Å². The molecule has 2 N–H and O–H groups in total. The Morgan fingerprint density at radius 1 is 1.15 bits per heavy atom. The molecule has 0 spiro atoms. The molecule has 1 atom stereocenters. The number of hydrogen-bond donors (Lipinski definition) is 2. The number of anilines is 1. The van der Waals surface area contributed by atoms with Crippen molar-refractivity contribution in [1.82, 2.24) is 5.32 Å². The number of ether oxygens (including phenoxy) is 1. The summed E-state index contributed by atoms with van der Waals surface area (Å²) in [4.78, 5) is 12.3. The molecule has 1 unspecified atom stereocenters. The monoisotopic (exact) mass is 1080 g/mol. The third-order valence-corrected chi connectivity index (χ3v) is 4.31. The molecular weight excluding hydrogens is 1060 g/mol. The Kier molecular flexibility index (Phi) is 12.0. The number of methoxy groups -OCH3 is 1. The molecule has 0 bridgehead atoms. The van der Waals surface area contributed by atoms with Crippen molar-refractivity contribution in [3.63, 3.8) is 0 Å². The topological polar surface area (TPSA) is 63.5 Å². The van der Waals surface area contributed by atoms with Crippen LogP contribution in [0.3, 0.4) is 0 Å². The summed E-state index contributed by atoms with van der Waals surface area (Å²) >= 11 is 0. The Hall–Kier alpha value is 0.0674. The van der Waals surface area contributed by atoms with Gasteiger partial charge >= 0.3 is 0 Å². The third-order valence-electron chi connectivity index (χ3n) is 4.31. The van der Waals surface area contributed by atoms with Crippen LogP contribution in [0.1, 0.15) is 12.8 Å². The number of rotatable bonds is 3. The molecule has 2 aromatic carbocycles. The smallest absolute Gasteiger partial charge is 0.241 e. The summed E-state index contributed by atoms with van der Waals surface area (Å²) < 4.78 is 11.4. The van der Waals surface area contributed by atoms with Gasteiger partial charge in [0, 0.05) is 104 Å². The van der Waals surface area contributed by atoms with Crippen molar-refractivity contribution >= 4 is 33.5 Å². The largest absolute Gasteiger partial charge is 0.496 e. The van der Waals surface area contributed by atoms with Gasteiger partial charge in [0.15, 0.2) is 0 Å². The molecule has 2 heterocycles. The molecule has 0 saturated carbocycles. The van der Waals surface area contributed by atoms with Crippen LogP contribution in [0.5, 0.6) is 5.75 Å². The fraction of sp³-hybridized carbons (Fsp3) is 0.278. The molecule has 1 aliphatic rings. The summed E-state index contributed by atoms with van der Waals surface area (Å²) in [6.45, 7) is 0.893. The summed E-state index contributed by atoms with van der Waals surface area (Å²) in [7, 11) is 1.63. The van der Waals surface area contributed by atoms with Gasteiger partial charge in [-0.15, -0.1) is 0 Å². The number of para-hydroxylation sites is 1. The van der Waals surface area contributed by atoms with Gasteiger partial charge in [0.2, 0.25) is 5.91 Å². The van der Waals surface area contributed by atoms with Crippen molar-refractivity contribution in [3.05, 3.63) is 36.4 Å². The average Bonchev–Trinajstić information content (AvgIpc) is 3.21. The summed E-state index contributed by atoms with van der Waals surface area (Å²) in [6.07, 6.45) is 1.90. The summed E-state index contributed by atoms with van der Waals surface area (Å²) in [5.74, 6) is 0.683. The second kappa shape index (κ2) is 11.9. The van der Waals surface area contributed by atoms with Gasteiger partial charge in [-0.05, 0) is 25.5 Å². The number of amides is 1. The van der Waals surface area contributed by atoms with Crippen LogP contribution < -0.4 is 15.4 Å². The Bertz CT molecular complexity index is 895. The van der Waals surface area contributed by atoms with Gasteiger partial charge in [0.05, 0.1) is 18.5 Å². The molecule has 27 heavy (non-hydrogen) atoms. The standard InChI is InChI=1S/C18H18N2O3.4Ir/c1-22-15-9-11(20-18(21)13-6-4-8-19-13)10-16-17(15)12-5-2-3-7-14(12)23-16;;;;/h2-3,5,7,9-10,13,19H,4,6,8H2,1H3,(H,20,21);;;;. The number of hydrogen-bond acceptors (Lipinski definition) is 4. The fourth-order valence-electron chi connectivity index (χ4n) is 3.19. The maximum Gasteiger partial charge on any atom is 0.241 e. The van der Waals surface area contributed by atoms with Gasteiger partial charge in [0.1, 0.15) is 16.9 Å². The molecule has 154 valence electrons. The zero-order chi connectivity index (χ0) is 15.8. The zero-order valence-corrected chi connectivity index (χ0v) is 23.8. The van der Waals surface area contributed by atoms with Gasteiger partial charge in [-0.1, -0.05) is 18.2 Å². The van der Waals surface area contributed by atoms with E-state index in [1.54, 1.807) is 7.11 Å². The number of furan rings is 1. The van der Waals surface area contributed by atoms with E-state index < -0.39 is 0 Å². The molecule has 1 aromatic heterocycles. The molecule has 3 aromatic rings. The number of fused-ring (bicyclic) bond motifs is 3. The Morgan fingerprint density at radius 3 is 2.56 bits per heavy atom. The van der Waals surface area contributed by atoms with Crippen molar-refractivity contribution in [2.45, 2.75) is 18.9 Å². The first-order valence-corrected chi connectivity index (χ1v) is 7.80. The molecular formula is C18H18Ir4N2O3. The van der Waals surface area contributed by atoms with Gasteiger partial charge in [-0.25, -0.2) is 0 Å². The summed E-state index contributed by atoms with van der Waals surface area (Å²) in [5.41, 5.74) is 2.20. The quantitative estimate of drug-likeness (QED) is 0.424. The van der Waals surface area contributed by atoms with Crippen LogP contribution in [0.15, 0.2) is 40.8 Å². The first-order chi connectivity index (χ1) is 11.3. The molecule has 1 amide bonds. The molecule has 4 rings (SSSR count). The van der Waals surface area contributed by atoms with Crippen molar-refractivity contribution < 1.29 is 94.4 Å². The number of nitrogens with one attached hydrogen (secondary N) is 2. The van der Waals surface area contributed by atoms with E-state index in [4.69, 9.17) is 9.15 Å². The first kappa shape index (κ1) is 27.1. The zero-order valence-electron chi connectivity index (χ0n) is 14.2. The molecule has 0 aliphatic carbocycles. The van der Waals surface area contributed by atoms with Crippen LogP contribution in [-0.4, -0.2) is 25.6 Å². The van der Waals surface area contributed by atoms with Crippen LogP contribution in [0, 0.1) is 0 Å². The minimum Gasteiger partial charge on any atom is -0.496 e. The molecule has 9 heteroatoms. The van der Waals surface area contributed by atoms with Crippen LogP contribution in [0.2, 0.25) is 0 Å². The normalized spacial score (nSPS) is 15.1. The van der Waals surface area contributed by atoms with E-state index in [1.165, 1.54) is 0 Å². The van der Waals surface area contributed by atoms with Crippen LogP contribution in [-0.2, 0) is 85.2 Å². The molecule has 4 radical (unpaired) electrons. The van der Waals surface area contributed by atoms with Crippen molar-refractivity contribution in [3.8, 4) is 5.75 Å². The van der Waals surface area contributed by atoms with Gasteiger partial charge < -0.3 is 19.8 Å². The second-order valence-corrected chi connectivity index (χ2v) is 5.79. The molecule has 1 aliphatic heterocycles. The Balaban J connectivity index is 0.00000169. The van der Waals surface area contributed by atoms with E-state index in [0.717, 1.165) is 35.7 Å². The van der Waals surface area contributed by atoms with Gasteiger partial charge in [-0.2, -0.15) is 0 Å². The van der Waals surface area contributed by atoms with E-state index >= 15 is 0 Å². The van der Waals surface area contributed by atoms with E-state index in [1.807, 2.05) is 36.4 Å². The SMILES string of the molecule is COc1cc(NC(=O)C2CCCN2)cc2oc3ccccc3c12.[Ir].[Ir].[Ir].[Ir]. The maximum atomic E-state index is 12.3. The number of carbonyl (C=O) groups excluding carboxylic acids is 1. The van der Waals surface area contributed by atoms with Crippen molar-refractivity contribution in [1.29, 1.82) is 0 Å². The first-order valence-electron chi connectivity index (χ1n) is 7.80. The van der Waals surface area contributed by atoms with E-state index in [2.05, 4.69) is 10.6 Å². The summed E-state index contributed by atoms with van der Waals surface area (Å²) in [5, 5.41) is 8.09. The van der Waals surface area contributed by atoms with Crippen molar-refractivity contribution in [2.24, 2.45) is 0 Å². The Labute approximate surface area is 211 Å². The number of benzene rings is 2. The van der Waals surface area contributed by atoms with E-state index in [9.17, 15) is 4.79 Å². The minimum atomic E-state index is -0.118. The summed E-state index contributed by atoms with van der Waals surface area (Å²) in [6, 6.07) is 11.4. The second-order valence-electron chi connectivity index (χ2n) is 5.79. The number of carbonyl (C=O) groups is 1. The van der Waals surface area contributed by atoms with E-state index in [-0.39, 0.29) is 92.4 Å². The predicted octanol–water partition coefficient (Wildman–Crippen LogP) is 3.28. The fourth-order valence-corrected chi connectivity index (χ4v) is 3.19. The van der Waals surface area contributed by atoms with Crippen LogP contribution in [0.4, 0.5) is 5.69 Å². The van der Waals surface area contributed by atoms with Crippen LogP contribution in [0.25, 0.3) is 21.9 Å². The van der Waals surface area contributed by atoms with Gasteiger partial charge in [0.25, 0.3) is 0 Å². The van der Waals surface area contributed by atoms with Crippen molar-refractivity contribution in [2.75, 3.05) is 19.0 Å². The third kappa shape index (κ3) is 5.57. The Morgan fingerprint density at radius 2 is 1.89 bits per heavy atom. The average molecular weight is 1080 g/mol. The predicted molar refractivity (Wildman–Crippen MR) is 89.9 cm³/mol. The molecule has 1 saturated heterocycles. The van der Waals surface area contributed by atoms with E-state index in [0.29, 0.717) is 17.0 Å².